The van der Waals surface area contributed by atoms with Gasteiger partial charge in [-0.05, 0) is 54.8 Å². The zero-order valence-corrected chi connectivity index (χ0v) is 17.3. The number of imide groups is 1. The summed E-state index contributed by atoms with van der Waals surface area (Å²) in [4.78, 5) is 36.7. The lowest BCUT2D eigenvalue weighted by Crippen LogP contribution is -2.31. The second-order valence-electron chi connectivity index (χ2n) is 5.51. The highest BCUT2D eigenvalue weighted by molar-refractivity contribution is 7.99. The van der Waals surface area contributed by atoms with Crippen LogP contribution in [0, 0.1) is 0 Å². The van der Waals surface area contributed by atoms with Gasteiger partial charge in [0.05, 0.1) is 19.3 Å². The van der Waals surface area contributed by atoms with E-state index in [0.717, 1.165) is 16.4 Å². The van der Waals surface area contributed by atoms with Gasteiger partial charge >= 0.3 is 6.09 Å². The molecule has 7 nitrogen and oxygen atoms in total. The Kier molecular flexibility index (Phi) is 8.83. The molecule has 1 heterocycles. The van der Waals surface area contributed by atoms with Gasteiger partial charge in [0.15, 0.2) is 0 Å². The van der Waals surface area contributed by atoms with Crippen molar-refractivity contribution < 1.29 is 23.9 Å². The SMILES string of the molecule is CCOC(=O)NC(=O)c1ccsc1NC(=O)CCCSc1ccc(OC)cc1. The number of benzene rings is 1. The van der Waals surface area contributed by atoms with Gasteiger partial charge in [0.2, 0.25) is 5.91 Å². The van der Waals surface area contributed by atoms with Crippen molar-refractivity contribution in [3.05, 3.63) is 41.3 Å². The molecule has 0 aliphatic heterocycles. The van der Waals surface area contributed by atoms with Crippen LogP contribution < -0.4 is 15.4 Å². The fraction of sp³-hybridized carbons (Fsp3) is 0.316. The number of ether oxygens (including phenoxy) is 2. The van der Waals surface area contributed by atoms with Crippen molar-refractivity contribution >= 4 is 46.0 Å². The van der Waals surface area contributed by atoms with Gasteiger partial charge in [0.25, 0.3) is 5.91 Å². The average Bonchev–Trinajstić information content (AvgIpc) is 3.14. The van der Waals surface area contributed by atoms with Crippen LogP contribution in [0.5, 0.6) is 5.75 Å². The summed E-state index contributed by atoms with van der Waals surface area (Å²) in [5.74, 6) is 0.816. The molecule has 2 N–H and O–H groups in total. The first-order valence-electron chi connectivity index (χ1n) is 8.65. The third-order valence-electron chi connectivity index (χ3n) is 3.53. The molecule has 0 spiro atoms. The fourth-order valence-electron chi connectivity index (χ4n) is 2.20. The first-order valence-corrected chi connectivity index (χ1v) is 10.5. The molecular formula is C19H22N2O5S2. The number of amides is 3. The van der Waals surface area contributed by atoms with Gasteiger partial charge in [-0.15, -0.1) is 23.1 Å². The van der Waals surface area contributed by atoms with E-state index in [4.69, 9.17) is 4.74 Å². The van der Waals surface area contributed by atoms with Crippen LogP contribution in [-0.2, 0) is 9.53 Å². The van der Waals surface area contributed by atoms with Crippen LogP contribution in [0.2, 0.25) is 0 Å². The van der Waals surface area contributed by atoms with Crippen LogP contribution in [0.15, 0.2) is 40.6 Å². The van der Waals surface area contributed by atoms with E-state index in [1.54, 1.807) is 37.2 Å². The van der Waals surface area contributed by atoms with Crippen molar-refractivity contribution in [2.24, 2.45) is 0 Å². The second kappa shape index (κ2) is 11.4. The van der Waals surface area contributed by atoms with E-state index >= 15 is 0 Å². The van der Waals surface area contributed by atoms with E-state index in [1.165, 1.54) is 11.3 Å². The number of carbonyl (C=O) groups is 3. The van der Waals surface area contributed by atoms with Crippen LogP contribution in [0.25, 0.3) is 0 Å². The second-order valence-corrected chi connectivity index (χ2v) is 7.60. The predicted octanol–water partition coefficient (Wildman–Crippen LogP) is 4.15. The lowest BCUT2D eigenvalue weighted by atomic mass is 10.3. The molecule has 1 aromatic carbocycles. The van der Waals surface area contributed by atoms with E-state index in [-0.39, 0.29) is 18.1 Å². The molecule has 2 rings (SSSR count). The predicted molar refractivity (Wildman–Crippen MR) is 110 cm³/mol. The highest BCUT2D eigenvalue weighted by Gasteiger charge is 2.17. The van der Waals surface area contributed by atoms with Crippen molar-refractivity contribution in [3.63, 3.8) is 0 Å². The number of hydrogen-bond donors (Lipinski definition) is 2. The summed E-state index contributed by atoms with van der Waals surface area (Å²) in [5, 5.41) is 6.94. The minimum atomic E-state index is -0.813. The van der Waals surface area contributed by atoms with Gasteiger partial charge in [-0.25, -0.2) is 4.79 Å². The van der Waals surface area contributed by atoms with Gasteiger partial charge in [0.1, 0.15) is 10.8 Å². The molecule has 150 valence electrons. The molecule has 0 bridgehead atoms. The molecule has 0 radical (unpaired) electrons. The average molecular weight is 423 g/mol. The number of hydrogen-bond acceptors (Lipinski definition) is 7. The van der Waals surface area contributed by atoms with Crippen LogP contribution in [0.1, 0.15) is 30.1 Å². The zero-order chi connectivity index (χ0) is 20.4. The Balaban J connectivity index is 1.76. The Morgan fingerprint density at radius 2 is 1.89 bits per heavy atom. The largest absolute Gasteiger partial charge is 0.497 e. The maximum absolute atomic E-state index is 12.2. The molecule has 28 heavy (non-hydrogen) atoms. The van der Waals surface area contributed by atoms with Crippen LogP contribution in [0.4, 0.5) is 9.80 Å². The standard InChI is InChI=1S/C19H22N2O5S2/c1-3-26-19(24)21-17(23)15-10-12-28-18(15)20-16(22)5-4-11-27-14-8-6-13(25-2)7-9-14/h6-10,12H,3-5,11H2,1-2H3,(H,20,22)(H,21,23,24). The smallest absolute Gasteiger partial charge is 0.414 e. The molecule has 0 fully saturated rings. The summed E-state index contributed by atoms with van der Waals surface area (Å²) in [5.41, 5.74) is 0.235. The highest BCUT2D eigenvalue weighted by atomic mass is 32.2. The Morgan fingerprint density at radius 3 is 2.57 bits per heavy atom. The van der Waals surface area contributed by atoms with Crippen LogP contribution in [-0.4, -0.2) is 37.4 Å². The van der Waals surface area contributed by atoms with Crippen LogP contribution in [0.3, 0.4) is 0 Å². The summed E-state index contributed by atoms with van der Waals surface area (Å²) >= 11 is 2.88. The highest BCUT2D eigenvalue weighted by Crippen LogP contribution is 2.25. The number of nitrogens with one attached hydrogen (secondary N) is 2. The number of carbonyl (C=O) groups excluding carboxylic acids is 3. The molecule has 1 aromatic heterocycles. The number of alkyl carbamates (subject to hydrolysis) is 1. The molecule has 9 heteroatoms. The Bertz CT molecular complexity index is 805. The minimum absolute atomic E-state index is 0.168. The summed E-state index contributed by atoms with van der Waals surface area (Å²) in [6.07, 6.45) is 0.213. The minimum Gasteiger partial charge on any atom is -0.497 e. The van der Waals surface area contributed by atoms with Crippen molar-refractivity contribution in [3.8, 4) is 5.75 Å². The van der Waals surface area contributed by atoms with Gasteiger partial charge in [-0.1, -0.05) is 0 Å². The maximum Gasteiger partial charge on any atom is 0.414 e. The molecule has 0 aliphatic rings. The molecule has 3 amide bonds. The van der Waals surface area contributed by atoms with E-state index < -0.39 is 12.0 Å². The first kappa shape index (κ1) is 21.8. The van der Waals surface area contributed by atoms with Crippen molar-refractivity contribution in [1.82, 2.24) is 5.32 Å². The summed E-state index contributed by atoms with van der Waals surface area (Å²) in [6, 6.07) is 9.30. The lowest BCUT2D eigenvalue weighted by Gasteiger charge is -2.07. The summed E-state index contributed by atoms with van der Waals surface area (Å²) < 4.78 is 9.80. The Morgan fingerprint density at radius 1 is 1.14 bits per heavy atom. The number of rotatable bonds is 9. The number of thiophene rings is 1. The van der Waals surface area contributed by atoms with E-state index in [9.17, 15) is 14.4 Å². The molecule has 0 atom stereocenters. The number of thioether (sulfide) groups is 1. The third-order valence-corrected chi connectivity index (χ3v) is 5.46. The van der Waals surface area contributed by atoms with Crippen molar-refractivity contribution in [1.29, 1.82) is 0 Å². The van der Waals surface area contributed by atoms with Gasteiger partial charge in [-0.3, -0.25) is 14.9 Å². The molecule has 0 saturated heterocycles. The zero-order valence-electron chi connectivity index (χ0n) is 15.7. The van der Waals surface area contributed by atoms with Crippen LogP contribution >= 0.6 is 23.1 Å². The van der Waals surface area contributed by atoms with E-state index in [0.29, 0.717) is 17.8 Å². The molecule has 0 aliphatic carbocycles. The normalized spacial score (nSPS) is 10.2. The lowest BCUT2D eigenvalue weighted by molar-refractivity contribution is -0.116. The van der Waals surface area contributed by atoms with Gasteiger partial charge < -0.3 is 14.8 Å². The van der Waals surface area contributed by atoms with E-state index in [2.05, 4.69) is 15.4 Å². The monoisotopic (exact) mass is 422 g/mol. The number of anilines is 1. The number of methoxy groups -OCH3 is 1. The Hall–Kier alpha value is -2.52. The molecule has 0 unspecified atom stereocenters. The van der Waals surface area contributed by atoms with E-state index in [1.807, 2.05) is 24.3 Å². The fourth-order valence-corrected chi connectivity index (χ4v) is 3.85. The van der Waals surface area contributed by atoms with Gasteiger partial charge in [0, 0.05) is 11.3 Å². The van der Waals surface area contributed by atoms with Crippen molar-refractivity contribution in [2.45, 2.75) is 24.7 Å². The molecule has 2 aromatic rings. The van der Waals surface area contributed by atoms with Crippen molar-refractivity contribution in [2.75, 3.05) is 24.8 Å². The summed E-state index contributed by atoms with van der Waals surface area (Å²) in [7, 11) is 1.63. The molecule has 0 saturated carbocycles. The Labute approximate surface area is 171 Å². The molecular weight excluding hydrogens is 400 g/mol. The first-order chi connectivity index (χ1) is 13.5. The van der Waals surface area contributed by atoms with Gasteiger partial charge in [-0.2, -0.15) is 0 Å². The topological polar surface area (TPSA) is 93.7 Å². The quantitative estimate of drug-likeness (QED) is 0.466. The maximum atomic E-state index is 12.2. The third kappa shape index (κ3) is 6.90. The summed E-state index contributed by atoms with van der Waals surface area (Å²) in [6.45, 7) is 1.81.